The Morgan fingerprint density at radius 2 is 1.95 bits per heavy atom. The Morgan fingerprint density at radius 1 is 1.25 bits per heavy atom. The van der Waals surface area contributed by atoms with Gasteiger partial charge in [-0.15, -0.1) is 11.3 Å². The van der Waals surface area contributed by atoms with Gasteiger partial charge in [0.25, 0.3) is 0 Å². The van der Waals surface area contributed by atoms with Crippen molar-refractivity contribution >= 4 is 22.3 Å². The number of thiazole rings is 1. The normalized spacial score (nSPS) is 15.9. The van der Waals surface area contributed by atoms with Gasteiger partial charge in [0.05, 0.1) is 5.69 Å². The number of rotatable bonds is 3. The lowest BCUT2D eigenvalue weighted by Crippen LogP contribution is -2.47. The molecule has 3 rings (SSSR count). The molecule has 1 aliphatic rings. The van der Waals surface area contributed by atoms with Gasteiger partial charge in [0.1, 0.15) is 5.82 Å². The van der Waals surface area contributed by atoms with Crippen molar-refractivity contribution in [2.24, 2.45) is 12.8 Å². The second kappa shape index (κ2) is 5.41. The van der Waals surface area contributed by atoms with Crippen LogP contribution in [0.25, 0.3) is 0 Å². The Balaban J connectivity index is 1.75. The third-order valence-corrected chi connectivity index (χ3v) is 4.62. The first-order chi connectivity index (χ1) is 9.70. The van der Waals surface area contributed by atoms with Crippen LogP contribution in [0, 0.1) is 6.92 Å². The van der Waals surface area contributed by atoms with Gasteiger partial charge < -0.3 is 15.5 Å². The molecule has 0 radical (unpaired) electrons. The van der Waals surface area contributed by atoms with Gasteiger partial charge in [0.15, 0.2) is 5.13 Å². The Bertz CT molecular complexity index is 568. The van der Waals surface area contributed by atoms with Gasteiger partial charge >= 0.3 is 0 Å². The molecule has 1 aliphatic heterocycles. The fourth-order valence-electron chi connectivity index (χ4n) is 2.81. The molecule has 20 heavy (non-hydrogen) atoms. The van der Waals surface area contributed by atoms with Crippen molar-refractivity contribution in [1.29, 1.82) is 0 Å². The zero-order chi connectivity index (χ0) is 14.1. The smallest absolute Gasteiger partial charge is 0.185 e. The quantitative estimate of drug-likeness (QED) is 0.913. The second-order valence-corrected chi connectivity index (χ2v) is 5.88. The average molecular weight is 292 g/mol. The predicted octanol–water partition coefficient (Wildman–Crippen LogP) is 0.970. The maximum absolute atomic E-state index is 5.88. The third-order valence-electron chi connectivity index (χ3n) is 3.79. The number of aromatic nitrogens is 3. The van der Waals surface area contributed by atoms with E-state index in [-0.39, 0.29) is 0 Å². The molecule has 0 saturated carbocycles. The van der Waals surface area contributed by atoms with Gasteiger partial charge in [0, 0.05) is 56.9 Å². The summed E-state index contributed by atoms with van der Waals surface area (Å²) in [6, 6.07) is 0. The average Bonchev–Trinajstić information content (AvgIpc) is 3.06. The molecule has 108 valence electrons. The molecule has 0 bridgehead atoms. The first-order valence-corrected chi connectivity index (χ1v) is 7.70. The van der Waals surface area contributed by atoms with Crippen LogP contribution < -0.4 is 15.5 Å². The maximum atomic E-state index is 5.88. The monoisotopic (exact) mass is 292 g/mol. The summed E-state index contributed by atoms with van der Waals surface area (Å²) in [5, 5.41) is 7.64. The molecular weight excluding hydrogens is 272 g/mol. The molecule has 0 spiro atoms. The summed E-state index contributed by atoms with van der Waals surface area (Å²) in [6.45, 7) is 6.50. The Kier molecular flexibility index (Phi) is 3.62. The van der Waals surface area contributed by atoms with E-state index in [4.69, 9.17) is 5.73 Å². The van der Waals surface area contributed by atoms with E-state index in [9.17, 15) is 0 Å². The summed E-state index contributed by atoms with van der Waals surface area (Å²) < 4.78 is 1.95. The molecule has 6 nitrogen and oxygen atoms in total. The number of aryl methyl sites for hydroxylation is 2. The number of nitrogens with zero attached hydrogens (tertiary/aromatic N) is 5. The highest BCUT2D eigenvalue weighted by atomic mass is 32.1. The molecule has 2 N–H and O–H groups in total. The number of nitrogens with two attached hydrogens (primary N) is 1. The van der Waals surface area contributed by atoms with Crippen LogP contribution in [0.3, 0.4) is 0 Å². The zero-order valence-corrected chi connectivity index (χ0v) is 12.7. The number of piperazine rings is 1. The van der Waals surface area contributed by atoms with E-state index in [1.165, 1.54) is 5.82 Å². The van der Waals surface area contributed by atoms with Gasteiger partial charge in [-0.1, -0.05) is 0 Å². The van der Waals surface area contributed by atoms with Gasteiger partial charge in [-0.25, -0.2) is 4.98 Å². The van der Waals surface area contributed by atoms with Crippen LogP contribution in [-0.4, -0.2) is 40.9 Å². The molecule has 0 unspecified atom stereocenters. The van der Waals surface area contributed by atoms with Crippen molar-refractivity contribution in [2.45, 2.75) is 13.5 Å². The maximum Gasteiger partial charge on any atom is 0.185 e. The van der Waals surface area contributed by atoms with Crippen molar-refractivity contribution in [1.82, 2.24) is 14.8 Å². The van der Waals surface area contributed by atoms with Crippen LogP contribution in [0.2, 0.25) is 0 Å². The second-order valence-electron chi connectivity index (χ2n) is 5.00. The highest BCUT2D eigenvalue weighted by Crippen LogP contribution is 2.25. The topological polar surface area (TPSA) is 63.2 Å². The molecule has 1 fully saturated rings. The number of anilines is 2. The molecule has 2 aromatic rings. The molecule has 0 amide bonds. The van der Waals surface area contributed by atoms with Crippen LogP contribution in [0.1, 0.15) is 11.3 Å². The van der Waals surface area contributed by atoms with Gasteiger partial charge in [-0.2, -0.15) is 5.10 Å². The van der Waals surface area contributed by atoms with Crippen molar-refractivity contribution in [3.05, 3.63) is 22.8 Å². The van der Waals surface area contributed by atoms with Crippen LogP contribution in [-0.2, 0) is 13.6 Å². The molecular formula is C13H20N6S. The van der Waals surface area contributed by atoms with Gasteiger partial charge in [-0.05, 0) is 6.92 Å². The first-order valence-electron chi connectivity index (χ1n) is 6.82. The zero-order valence-electron chi connectivity index (χ0n) is 11.9. The number of hydrogen-bond acceptors (Lipinski definition) is 6. The van der Waals surface area contributed by atoms with E-state index in [0.29, 0.717) is 6.54 Å². The molecule has 0 aliphatic carbocycles. The van der Waals surface area contributed by atoms with E-state index >= 15 is 0 Å². The first kappa shape index (κ1) is 13.4. The molecule has 3 heterocycles. The lowest BCUT2D eigenvalue weighted by molar-refractivity contribution is 0.621. The fourth-order valence-corrected chi connectivity index (χ4v) is 3.50. The lowest BCUT2D eigenvalue weighted by Gasteiger charge is -2.36. The van der Waals surface area contributed by atoms with E-state index < -0.39 is 0 Å². The summed E-state index contributed by atoms with van der Waals surface area (Å²) in [7, 11) is 1.99. The molecule has 2 aromatic heterocycles. The molecule has 1 saturated heterocycles. The SMILES string of the molecule is Cc1nn(C)c(N2CCN(c3nccs3)CC2)c1CN. The van der Waals surface area contributed by atoms with E-state index in [1.54, 1.807) is 11.3 Å². The van der Waals surface area contributed by atoms with Crippen LogP contribution in [0.5, 0.6) is 0 Å². The van der Waals surface area contributed by atoms with Crippen molar-refractivity contribution in [3.8, 4) is 0 Å². The third kappa shape index (κ3) is 2.27. The van der Waals surface area contributed by atoms with E-state index in [2.05, 4.69) is 19.9 Å². The van der Waals surface area contributed by atoms with Crippen LogP contribution in [0.15, 0.2) is 11.6 Å². The van der Waals surface area contributed by atoms with E-state index in [1.807, 2.05) is 30.2 Å². The standard InChI is InChI=1S/C13H20N6S/c1-10-11(9-14)12(17(2)16-10)18-4-6-19(7-5-18)13-15-3-8-20-13/h3,8H,4-7,9,14H2,1-2H3. The van der Waals surface area contributed by atoms with Crippen LogP contribution in [0.4, 0.5) is 10.9 Å². The Labute approximate surface area is 122 Å². The Morgan fingerprint density at radius 3 is 2.55 bits per heavy atom. The van der Waals surface area contributed by atoms with Crippen molar-refractivity contribution in [3.63, 3.8) is 0 Å². The van der Waals surface area contributed by atoms with Crippen molar-refractivity contribution in [2.75, 3.05) is 36.0 Å². The summed E-state index contributed by atoms with van der Waals surface area (Å²) in [6.07, 6.45) is 1.86. The van der Waals surface area contributed by atoms with Gasteiger partial charge in [-0.3, -0.25) is 4.68 Å². The van der Waals surface area contributed by atoms with E-state index in [0.717, 1.165) is 42.6 Å². The Hall–Kier alpha value is -1.60. The minimum absolute atomic E-state index is 0.543. The minimum Gasteiger partial charge on any atom is -0.353 e. The summed E-state index contributed by atoms with van der Waals surface area (Å²) >= 11 is 1.70. The summed E-state index contributed by atoms with van der Waals surface area (Å²) in [5.74, 6) is 1.17. The van der Waals surface area contributed by atoms with Gasteiger partial charge in [0.2, 0.25) is 0 Å². The minimum atomic E-state index is 0.543. The highest BCUT2D eigenvalue weighted by Gasteiger charge is 2.23. The summed E-state index contributed by atoms with van der Waals surface area (Å²) in [4.78, 5) is 9.10. The summed E-state index contributed by atoms with van der Waals surface area (Å²) in [5.41, 5.74) is 8.07. The lowest BCUT2D eigenvalue weighted by atomic mass is 10.2. The number of hydrogen-bond donors (Lipinski definition) is 1. The predicted molar refractivity (Wildman–Crippen MR) is 82.4 cm³/mol. The molecule has 7 heteroatoms. The molecule has 0 aromatic carbocycles. The largest absolute Gasteiger partial charge is 0.353 e. The molecule has 0 atom stereocenters. The van der Waals surface area contributed by atoms with Crippen molar-refractivity contribution < 1.29 is 0 Å². The fraction of sp³-hybridized carbons (Fsp3) is 0.538. The highest BCUT2D eigenvalue weighted by molar-refractivity contribution is 7.13. The van der Waals surface area contributed by atoms with Crippen LogP contribution >= 0.6 is 11.3 Å².